The van der Waals surface area contributed by atoms with Crippen molar-refractivity contribution in [2.45, 2.75) is 47.4 Å². The van der Waals surface area contributed by atoms with Crippen molar-refractivity contribution >= 4 is 24.6 Å². The summed E-state index contributed by atoms with van der Waals surface area (Å²) in [6, 6.07) is 16.5. The molecule has 0 bridgehead atoms. The zero-order valence-corrected chi connectivity index (χ0v) is 23.8. The van der Waals surface area contributed by atoms with Crippen molar-refractivity contribution < 1.29 is 9.90 Å². The van der Waals surface area contributed by atoms with Crippen LogP contribution in [0.2, 0.25) is 14.8 Å². The van der Waals surface area contributed by atoms with Crippen LogP contribution in [0, 0.1) is 0 Å². The minimum absolute atomic E-state index is 0.269. The number of tetrazole rings is 1. The van der Waals surface area contributed by atoms with Gasteiger partial charge in [-0.2, -0.15) is 0 Å². The number of hydrogen-bond donors (Lipinski definition) is 1. The molecule has 0 amide bonds. The zero-order chi connectivity index (χ0) is 25.2. The second kappa shape index (κ2) is 10.3. The molecule has 2 heterocycles. The normalized spacial score (nSPS) is 11.7. The molecule has 182 valence electrons. The standard InChI is InChI=1S/C23H24N6O2.3CH3.Sn/c1-3-4-9-20-19(21(23(30)31)29(2)26-20)14-15-10-12-16(13-11-15)17-7-5-6-8-18(17)22-24-27-28-25-22;;;;/h5-8,10-13H,3-4,9,14H2,1-2H3,(H2,24,25,27,28,30,31);3*1H3;/q;;;;+1/p-1. The van der Waals surface area contributed by atoms with Crippen LogP contribution < -0.4 is 0 Å². The summed E-state index contributed by atoms with van der Waals surface area (Å²) in [4.78, 5) is 18.8. The van der Waals surface area contributed by atoms with Crippen molar-refractivity contribution in [1.29, 1.82) is 0 Å². The molecule has 2 aromatic carbocycles. The number of carboxylic acids is 1. The fraction of sp³-hybridized carbons (Fsp3) is 0.346. The second-order valence-electron chi connectivity index (χ2n) is 9.81. The third-order valence-electron chi connectivity index (χ3n) is 6.12. The molecular formula is C26H32N6O2Sn. The van der Waals surface area contributed by atoms with Crippen LogP contribution in [-0.2, 0) is 19.9 Å². The summed E-state index contributed by atoms with van der Waals surface area (Å²) in [5.74, 6) is -0.125. The maximum absolute atomic E-state index is 11.9. The summed E-state index contributed by atoms with van der Waals surface area (Å²) >= 11 is -2.57. The maximum atomic E-state index is 11.9. The van der Waals surface area contributed by atoms with Crippen molar-refractivity contribution in [2.24, 2.45) is 7.05 Å². The van der Waals surface area contributed by atoms with E-state index in [2.05, 4.69) is 81.7 Å². The van der Waals surface area contributed by atoms with Crippen LogP contribution in [0.5, 0.6) is 0 Å². The Kier molecular flexibility index (Phi) is 7.39. The Morgan fingerprint density at radius 3 is 2.34 bits per heavy atom. The van der Waals surface area contributed by atoms with Gasteiger partial charge >= 0.3 is 174 Å². The molecule has 4 aromatic rings. The van der Waals surface area contributed by atoms with Crippen LogP contribution in [0.25, 0.3) is 22.5 Å². The van der Waals surface area contributed by atoms with Gasteiger partial charge in [-0.15, -0.1) is 0 Å². The first-order valence-electron chi connectivity index (χ1n) is 12.0. The van der Waals surface area contributed by atoms with Crippen LogP contribution in [-0.4, -0.2) is 57.9 Å². The average Bonchev–Trinajstić information content (AvgIpc) is 3.43. The molecule has 0 spiro atoms. The third-order valence-corrected chi connectivity index (χ3v) is 10.6. The van der Waals surface area contributed by atoms with Gasteiger partial charge in [-0.05, 0) is 6.42 Å². The number of rotatable bonds is 9. The van der Waals surface area contributed by atoms with E-state index in [4.69, 9.17) is 0 Å². The Morgan fingerprint density at radius 2 is 1.71 bits per heavy atom. The van der Waals surface area contributed by atoms with Crippen LogP contribution >= 0.6 is 0 Å². The van der Waals surface area contributed by atoms with Crippen LogP contribution in [0.1, 0.15) is 47.1 Å². The number of carboxylic acid groups (broad SMARTS) is 1. The van der Waals surface area contributed by atoms with Gasteiger partial charge in [0.25, 0.3) is 0 Å². The molecule has 0 aliphatic rings. The van der Waals surface area contributed by atoms with Gasteiger partial charge in [0.2, 0.25) is 0 Å². The minimum atomic E-state index is -2.57. The van der Waals surface area contributed by atoms with Gasteiger partial charge in [0, 0.05) is 7.05 Å². The van der Waals surface area contributed by atoms with E-state index < -0.39 is 24.6 Å². The first kappa shape index (κ1) is 25.1. The Morgan fingerprint density at radius 1 is 1.03 bits per heavy atom. The van der Waals surface area contributed by atoms with E-state index in [0.29, 0.717) is 6.42 Å². The van der Waals surface area contributed by atoms with Crippen molar-refractivity contribution in [3.05, 3.63) is 71.0 Å². The molecule has 35 heavy (non-hydrogen) atoms. The third kappa shape index (κ3) is 5.32. The molecule has 0 saturated heterocycles. The fourth-order valence-corrected chi connectivity index (χ4v) is 7.53. The van der Waals surface area contributed by atoms with Gasteiger partial charge in [-0.25, -0.2) is 4.79 Å². The Labute approximate surface area is 210 Å². The van der Waals surface area contributed by atoms with E-state index >= 15 is 0 Å². The van der Waals surface area contributed by atoms with Gasteiger partial charge in [0.15, 0.2) is 0 Å². The van der Waals surface area contributed by atoms with Gasteiger partial charge < -0.3 is 5.11 Å². The Bertz CT molecular complexity index is 1330. The molecule has 0 atom stereocenters. The van der Waals surface area contributed by atoms with Gasteiger partial charge in [0.1, 0.15) is 0 Å². The number of aromatic nitrogens is 6. The molecule has 0 fully saturated rings. The first-order valence-corrected chi connectivity index (χ1v) is 21.8. The van der Waals surface area contributed by atoms with Gasteiger partial charge in [0.05, 0.1) is 0 Å². The topological polar surface area (TPSA) is 98.7 Å². The zero-order valence-electron chi connectivity index (χ0n) is 21.0. The molecule has 2 aromatic heterocycles. The summed E-state index contributed by atoms with van der Waals surface area (Å²) in [6.07, 6.45) is 3.34. The molecule has 9 heteroatoms. The predicted octanol–water partition coefficient (Wildman–Crippen LogP) is 5.06. The molecule has 0 unspecified atom stereocenters. The average molecular weight is 579 g/mol. The number of aryl methyl sites for hydroxylation is 2. The summed E-state index contributed by atoms with van der Waals surface area (Å²) in [5, 5.41) is 26.9. The van der Waals surface area contributed by atoms with E-state index in [-0.39, 0.29) is 5.69 Å². The van der Waals surface area contributed by atoms with Crippen molar-refractivity contribution in [3.8, 4) is 22.5 Å². The number of unbranched alkanes of at least 4 members (excludes halogenated alkanes) is 1. The second-order valence-corrected chi connectivity index (χ2v) is 23.4. The predicted molar refractivity (Wildman–Crippen MR) is 139 cm³/mol. The molecule has 0 aliphatic heterocycles. The number of carbonyl (C=O) groups is 1. The summed E-state index contributed by atoms with van der Waals surface area (Å²) in [6.45, 7) is 2.13. The van der Waals surface area contributed by atoms with Crippen LogP contribution in [0.4, 0.5) is 0 Å². The molecule has 8 nitrogen and oxygen atoms in total. The Balaban J connectivity index is 1.68. The molecular weight excluding hydrogens is 547 g/mol. The summed E-state index contributed by atoms with van der Waals surface area (Å²) in [5.41, 5.74) is 6.15. The molecule has 0 radical (unpaired) electrons. The Hall–Kier alpha value is -3.01. The van der Waals surface area contributed by atoms with Gasteiger partial charge in [-0.3, -0.25) is 0 Å². The molecule has 0 saturated carbocycles. The van der Waals surface area contributed by atoms with E-state index in [9.17, 15) is 9.90 Å². The van der Waals surface area contributed by atoms with E-state index in [1.165, 1.54) is 4.68 Å². The van der Waals surface area contributed by atoms with E-state index in [1.807, 2.05) is 12.1 Å². The van der Waals surface area contributed by atoms with Crippen molar-refractivity contribution in [3.63, 3.8) is 0 Å². The molecule has 0 aliphatic carbocycles. The monoisotopic (exact) mass is 580 g/mol. The number of aromatic carboxylic acids is 1. The number of hydrogen-bond acceptors (Lipinski definition) is 5. The SMILES string of the molecule is CCCCc1nn(C)c(C(=O)O)c1Cc1ccc(-c2ccccc2-c2nnn[n]2[Sn]([CH3])([CH3])[CH3])cc1. The van der Waals surface area contributed by atoms with Crippen molar-refractivity contribution in [1.82, 2.24) is 28.2 Å². The quantitative estimate of drug-likeness (QED) is 0.279. The molecule has 4 rings (SSSR count). The number of benzene rings is 2. The fourth-order valence-electron chi connectivity index (χ4n) is 4.36. The van der Waals surface area contributed by atoms with E-state index in [0.717, 1.165) is 58.6 Å². The summed E-state index contributed by atoms with van der Waals surface area (Å²) in [7, 11) is 1.71. The van der Waals surface area contributed by atoms with Crippen molar-refractivity contribution in [2.75, 3.05) is 0 Å². The summed E-state index contributed by atoms with van der Waals surface area (Å²) < 4.78 is 3.55. The van der Waals surface area contributed by atoms with E-state index in [1.54, 1.807) is 7.05 Å². The van der Waals surface area contributed by atoms with Crippen LogP contribution in [0.15, 0.2) is 48.5 Å². The molecule has 1 N–H and O–H groups in total. The first-order chi connectivity index (χ1) is 16.7. The van der Waals surface area contributed by atoms with Gasteiger partial charge in [-0.1, -0.05) is 13.3 Å². The number of nitrogens with zero attached hydrogens (tertiary/aromatic N) is 6. The van der Waals surface area contributed by atoms with Crippen LogP contribution in [0.3, 0.4) is 0 Å².